The van der Waals surface area contributed by atoms with Crippen LogP contribution in [0.4, 0.5) is 5.69 Å². The van der Waals surface area contributed by atoms with E-state index in [0.717, 1.165) is 17.9 Å². The molecule has 2 aromatic carbocycles. The average molecular weight is 341 g/mol. The van der Waals surface area contributed by atoms with E-state index in [1.807, 2.05) is 24.3 Å². The molecule has 0 aromatic heterocycles. The summed E-state index contributed by atoms with van der Waals surface area (Å²) in [6.07, 6.45) is 4.06. The molecule has 0 aliphatic heterocycles. The van der Waals surface area contributed by atoms with Crippen LogP contribution in [0.25, 0.3) is 0 Å². The lowest BCUT2D eigenvalue weighted by atomic mass is 10.1. The third-order valence-corrected chi connectivity index (χ3v) is 3.48. The highest BCUT2D eigenvalue weighted by Gasteiger charge is 2.08. The molecule has 0 saturated heterocycles. The van der Waals surface area contributed by atoms with Crippen LogP contribution in [0, 0.1) is 0 Å². The fourth-order valence-electron chi connectivity index (χ4n) is 2.17. The van der Waals surface area contributed by atoms with Crippen LogP contribution >= 0.6 is 0 Å². The lowest BCUT2D eigenvalue weighted by Crippen LogP contribution is -1.99. The summed E-state index contributed by atoms with van der Waals surface area (Å²) in [4.78, 5) is 12.2. The van der Waals surface area contributed by atoms with E-state index in [4.69, 9.17) is 14.2 Å². The van der Waals surface area contributed by atoms with E-state index in [9.17, 15) is 4.79 Å². The number of nitrogens with one attached hydrogen (secondary N) is 1. The number of ether oxygens (including phenoxy) is 3. The van der Waals surface area contributed by atoms with Gasteiger partial charge < -0.3 is 19.5 Å². The fourth-order valence-corrected chi connectivity index (χ4v) is 2.17. The van der Waals surface area contributed by atoms with Crippen molar-refractivity contribution < 1.29 is 19.0 Å². The molecule has 0 aliphatic carbocycles. The standard InChI is InChI=1S/C20H23NO4/c1-4-13-25-17-8-6-16(7-9-17)21-12-11-18(22)15-5-10-19(23-2)20(14-15)24-3/h5-12,14,21H,4,13H2,1-3H3/b12-11-. The van der Waals surface area contributed by atoms with Gasteiger partial charge in [0.05, 0.1) is 20.8 Å². The Morgan fingerprint density at radius 2 is 1.76 bits per heavy atom. The summed E-state index contributed by atoms with van der Waals surface area (Å²) in [5.41, 5.74) is 1.40. The largest absolute Gasteiger partial charge is 0.494 e. The molecule has 2 rings (SSSR count). The van der Waals surface area contributed by atoms with E-state index in [0.29, 0.717) is 23.7 Å². The summed E-state index contributed by atoms with van der Waals surface area (Å²) >= 11 is 0. The molecule has 5 heteroatoms. The normalized spacial score (nSPS) is 10.5. The molecule has 0 bridgehead atoms. The highest BCUT2D eigenvalue weighted by molar-refractivity contribution is 6.05. The number of anilines is 1. The number of hydrogen-bond donors (Lipinski definition) is 1. The predicted molar refractivity (Wildman–Crippen MR) is 98.9 cm³/mol. The molecule has 132 valence electrons. The molecule has 0 atom stereocenters. The maximum absolute atomic E-state index is 12.2. The van der Waals surface area contributed by atoms with Gasteiger partial charge in [-0.3, -0.25) is 4.79 Å². The average Bonchev–Trinajstić information content (AvgIpc) is 2.66. The van der Waals surface area contributed by atoms with E-state index in [1.54, 1.807) is 31.5 Å². The minimum Gasteiger partial charge on any atom is -0.494 e. The summed E-state index contributed by atoms with van der Waals surface area (Å²) in [7, 11) is 3.10. The van der Waals surface area contributed by atoms with Crippen molar-refractivity contribution in [3.8, 4) is 17.2 Å². The van der Waals surface area contributed by atoms with Crippen molar-refractivity contribution in [2.45, 2.75) is 13.3 Å². The van der Waals surface area contributed by atoms with Crippen LogP contribution in [0.15, 0.2) is 54.7 Å². The number of hydrogen-bond acceptors (Lipinski definition) is 5. The van der Waals surface area contributed by atoms with Crippen LogP contribution in [0.2, 0.25) is 0 Å². The quantitative estimate of drug-likeness (QED) is 0.544. The van der Waals surface area contributed by atoms with Gasteiger partial charge in [-0.2, -0.15) is 0 Å². The summed E-state index contributed by atoms with van der Waals surface area (Å²) < 4.78 is 15.9. The molecule has 5 nitrogen and oxygen atoms in total. The third kappa shape index (κ3) is 5.28. The fraction of sp³-hybridized carbons (Fsp3) is 0.250. The lowest BCUT2D eigenvalue weighted by Gasteiger charge is -2.08. The van der Waals surface area contributed by atoms with Crippen molar-refractivity contribution in [1.82, 2.24) is 0 Å². The second kappa shape index (κ2) is 9.37. The van der Waals surface area contributed by atoms with E-state index in [2.05, 4.69) is 12.2 Å². The van der Waals surface area contributed by atoms with Crippen LogP contribution in [0.5, 0.6) is 17.2 Å². The summed E-state index contributed by atoms with van der Waals surface area (Å²) in [5, 5.41) is 3.07. The number of ketones is 1. The van der Waals surface area contributed by atoms with Gasteiger partial charge in [-0.15, -0.1) is 0 Å². The molecule has 0 aliphatic rings. The van der Waals surface area contributed by atoms with Crippen LogP contribution in [-0.4, -0.2) is 26.6 Å². The SMILES string of the molecule is CCCOc1ccc(N/C=C\C(=O)c2ccc(OC)c(OC)c2)cc1. The van der Waals surface area contributed by atoms with Gasteiger partial charge in [-0.25, -0.2) is 0 Å². The van der Waals surface area contributed by atoms with Gasteiger partial charge in [0.15, 0.2) is 17.3 Å². The van der Waals surface area contributed by atoms with Crippen LogP contribution < -0.4 is 19.5 Å². The van der Waals surface area contributed by atoms with Gasteiger partial charge >= 0.3 is 0 Å². The molecule has 0 saturated carbocycles. The van der Waals surface area contributed by atoms with Gasteiger partial charge in [0.25, 0.3) is 0 Å². The Morgan fingerprint density at radius 3 is 2.40 bits per heavy atom. The van der Waals surface area contributed by atoms with E-state index < -0.39 is 0 Å². The topological polar surface area (TPSA) is 56.8 Å². The van der Waals surface area contributed by atoms with Crippen molar-refractivity contribution in [2.24, 2.45) is 0 Å². The molecule has 1 N–H and O–H groups in total. The summed E-state index contributed by atoms with van der Waals surface area (Å²) in [6.45, 7) is 2.77. The monoisotopic (exact) mass is 341 g/mol. The Labute approximate surface area is 148 Å². The number of methoxy groups -OCH3 is 2. The third-order valence-electron chi connectivity index (χ3n) is 3.48. The molecule has 0 spiro atoms. The van der Waals surface area contributed by atoms with E-state index in [1.165, 1.54) is 13.2 Å². The lowest BCUT2D eigenvalue weighted by molar-refractivity contribution is 0.104. The minimum atomic E-state index is -0.128. The number of carbonyl (C=O) groups is 1. The molecular formula is C20H23NO4. The first-order valence-electron chi connectivity index (χ1n) is 8.10. The van der Waals surface area contributed by atoms with Crippen molar-refractivity contribution >= 4 is 11.5 Å². The zero-order valence-corrected chi connectivity index (χ0v) is 14.7. The zero-order chi connectivity index (χ0) is 18.1. The number of rotatable bonds is 9. The van der Waals surface area contributed by atoms with Crippen molar-refractivity contribution in [1.29, 1.82) is 0 Å². The van der Waals surface area contributed by atoms with Crippen molar-refractivity contribution in [3.05, 3.63) is 60.3 Å². The Kier molecular flexibility index (Phi) is 6.89. The Hall–Kier alpha value is -2.95. The van der Waals surface area contributed by atoms with Crippen molar-refractivity contribution in [3.63, 3.8) is 0 Å². The first kappa shape index (κ1) is 18.4. The molecule has 0 unspecified atom stereocenters. The van der Waals surface area contributed by atoms with Gasteiger partial charge in [0.2, 0.25) is 0 Å². The molecular weight excluding hydrogens is 318 g/mol. The molecule has 2 aromatic rings. The van der Waals surface area contributed by atoms with Crippen molar-refractivity contribution in [2.75, 3.05) is 26.1 Å². The molecule has 0 fully saturated rings. The first-order valence-corrected chi connectivity index (χ1v) is 8.10. The molecule has 0 amide bonds. The Morgan fingerprint density at radius 1 is 1.04 bits per heavy atom. The number of allylic oxidation sites excluding steroid dienone is 1. The maximum Gasteiger partial charge on any atom is 0.187 e. The molecule has 25 heavy (non-hydrogen) atoms. The summed E-state index contributed by atoms with van der Waals surface area (Å²) in [5.74, 6) is 1.82. The molecule has 0 radical (unpaired) electrons. The second-order valence-corrected chi connectivity index (χ2v) is 5.28. The zero-order valence-electron chi connectivity index (χ0n) is 14.7. The van der Waals surface area contributed by atoms with Crippen LogP contribution in [-0.2, 0) is 0 Å². The van der Waals surface area contributed by atoms with Gasteiger partial charge in [0.1, 0.15) is 5.75 Å². The van der Waals surface area contributed by atoms with E-state index in [-0.39, 0.29) is 5.78 Å². The van der Waals surface area contributed by atoms with Crippen LogP contribution in [0.3, 0.4) is 0 Å². The molecule has 0 heterocycles. The predicted octanol–water partition coefficient (Wildman–Crippen LogP) is 4.30. The number of benzene rings is 2. The minimum absolute atomic E-state index is 0.128. The maximum atomic E-state index is 12.2. The highest BCUT2D eigenvalue weighted by atomic mass is 16.5. The van der Waals surface area contributed by atoms with Gasteiger partial charge in [-0.05, 0) is 48.9 Å². The van der Waals surface area contributed by atoms with Crippen LogP contribution in [0.1, 0.15) is 23.7 Å². The first-order chi connectivity index (χ1) is 12.2. The smallest absolute Gasteiger partial charge is 0.187 e. The van der Waals surface area contributed by atoms with E-state index >= 15 is 0 Å². The Balaban J connectivity index is 1.96. The highest BCUT2D eigenvalue weighted by Crippen LogP contribution is 2.27. The van der Waals surface area contributed by atoms with Gasteiger partial charge in [0, 0.05) is 23.5 Å². The second-order valence-electron chi connectivity index (χ2n) is 5.28. The van der Waals surface area contributed by atoms with Gasteiger partial charge in [-0.1, -0.05) is 6.92 Å². The Bertz CT molecular complexity index is 723. The summed E-state index contributed by atoms with van der Waals surface area (Å²) in [6, 6.07) is 12.7. The number of carbonyl (C=O) groups excluding carboxylic acids is 1.